The molecule has 1 heterocycles. The van der Waals surface area contributed by atoms with Crippen molar-refractivity contribution < 1.29 is 28.9 Å². The van der Waals surface area contributed by atoms with Gasteiger partial charge in [0, 0.05) is 18.3 Å². The zero-order valence-corrected chi connectivity index (χ0v) is 14.7. The maximum absolute atomic E-state index is 12.6. The Kier molecular flexibility index (Phi) is 5.87. The van der Waals surface area contributed by atoms with Crippen LogP contribution in [0.25, 0.3) is 0 Å². The van der Waals surface area contributed by atoms with Gasteiger partial charge in [0.1, 0.15) is 5.70 Å². The smallest absolute Gasteiger partial charge is 0.337 e. The number of hydrogen-bond donors (Lipinski definition) is 2. The molecule has 8 nitrogen and oxygen atoms in total. The standard InChI is InChI=1S/C17H22N2O6/c1-10-7-13(23-2)14(24-3)8-12(10)18-15-11(17(22)25-4)9-19(5-6-20)16(15)21/h7-8,18,20H,5-6,9H2,1-4H3. The molecular weight excluding hydrogens is 328 g/mol. The average molecular weight is 350 g/mol. The summed E-state index contributed by atoms with van der Waals surface area (Å²) in [6.07, 6.45) is 0. The fourth-order valence-electron chi connectivity index (χ4n) is 2.60. The second kappa shape index (κ2) is 7.89. The lowest BCUT2D eigenvalue weighted by Crippen LogP contribution is -2.31. The molecular formula is C17H22N2O6. The van der Waals surface area contributed by atoms with Crippen LogP contribution in [-0.4, -0.2) is 62.9 Å². The molecule has 0 atom stereocenters. The SMILES string of the molecule is COC(=O)C1=C(Nc2cc(OC)c(OC)cc2C)C(=O)N(CCO)C1. The number of esters is 1. The van der Waals surface area contributed by atoms with E-state index in [1.807, 2.05) is 6.92 Å². The summed E-state index contributed by atoms with van der Waals surface area (Å²) in [6, 6.07) is 3.46. The Morgan fingerprint density at radius 2 is 1.88 bits per heavy atom. The number of nitrogens with zero attached hydrogens (tertiary/aromatic N) is 1. The number of methoxy groups -OCH3 is 3. The molecule has 0 saturated heterocycles. The number of carbonyl (C=O) groups is 2. The summed E-state index contributed by atoms with van der Waals surface area (Å²) in [6.45, 7) is 1.87. The minimum absolute atomic E-state index is 0.0841. The number of rotatable bonds is 7. The Labute approximate surface area is 146 Å². The largest absolute Gasteiger partial charge is 0.493 e. The third-order valence-corrected chi connectivity index (χ3v) is 3.94. The number of benzene rings is 1. The maximum atomic E-state index is 12.6. The number of hydrogen-bond acceptors (Lipinski definition) is 7. The molecule has 1 aliphatic heterocycles. The van der Waals surface area contributed by atoms with Crippen LogP contribution in [0.3, 0.4) is 0 Å². The van der Waals surface area contributed by atoms with Gasteiger partial charge in [-0.1, -0.05) is 0 Å². The second-order valence-corrected chi connectivity index (χ2v) is 5.44. The van der Waals surface area contributed by atoms with E-state index in [4.69, 9.17) is 19.3 Å². The van der Waals surface area contributed by atoms with E-state index in [-0.39, 0.29) is 36.9 Å². The Balaban J connectivity index is 2.41. The molecule has 0 fully saturated rings. The van der Waals surface area contributed by atoms with Crippen LogP contribution in [0, 0.1) is 6.92 Å². The van der Waals surface area contributed by atoms with Crippen molar-refractivity contribution in [2.75, 3.05) is 46.3 Å². The van der Waals surface area contributed by atoms with Gasteiger partial charge in [-0.05, 0) is 18.6 Å². The predicted octanol–water partition coefficient (Wildman–Crippen LogP) is 0.686. The molecule has 0 aromatic heterocycles. The Morgan fingerprint density at radius 1 is 1.24 bits per heavy atom. The molecule has 0 bridgehead atoms. The molecule has 136 valence electrons. The van der Waals surface area contributed by atoms with Crippen LogP contribution in [0.4, 0.5) is 5.69 Å². The molecule has 1 aliphatic rings. The third kappa shape index (κ3) is 3.69. The normalized spacial score (nSPS) is 14.0. The first-order valence-electron chi connectivity index (χ1n) is 7.68. The highest BCUT2D eigenvalue weighted by Gasteiger charge is 2.34. The molecule has 0 unspecified atom stereocenters. The van der Waals surface area contributed by atoms with Crippen molar-refractivity contribution in [3.63, 3.8) is 0 Å². The summed E-state index contributed by atoms with van der Waals surface area (Å²) < 4.78 is 15.3. The number of aliphatic hydroxyl groups is 1. The number of amides is 1. The van der Waals surface area contributed by atoms with Crippen molar-refractivity contribution in [3.05, 3.63) is 29.0 Å². The van der Waals surface area contributed by atoms with E-state index < -0.39 is 5.97 Å². The van der Waals surface area contributed by atoms with E-state index in [9.17, 15) is 9.59 Å². The summed E-state index contributed by atoms with van der Waals surface area (Å²) >= 11 is 0. The highest BCUT2D eigenvalue weighted by Crippen LogP contribution is 2.34. The summed E-state index contributed by atoms with van der Waals surface area (Å²) in [7, 11) is 4.31. The van der Waals surface area contributed by atoms with E-state index in [1.165, 1.54) is 26.2 Å². The van der Waals surface area contributed by atoms with Crippen LogP contribution >= 0.6 is 0 Å². The van der Waals surface area contributed by atoms with Crippen LogP contribution in [0.2, 0.25) is 0 Å². The maximum Gasteiger partial charge on any atom is 0.337 e. The predicted molar refractivity (Wildman–Crippen MR) is 90.6 cm³/mol. The molecule has 8 heteroatoms. The van der Waals surface area contributed by atoms with Crippen LogP contribution < -0.4 is 14.8 Å². The van der Waals surface area contributed by atoms with E-state index in [2.05, 4.69) is 5.32 Å². The highest BCUT2D eigenvalue weighted by atomic mass is 16.5. The minimum Gasteiger partial charge on any atom is -0.493 e. The number of carbonyl (C=O) groups excluding carboxylic acids is 2. The molecule has 0 spiro atoms. The first-order chi connectivity index (χ1) is 12.0. The Bertz CT molecular complexity index is 713. The molecule has 1 aromatic rings. The van der Waals surface area contributed by atoms with Crippen molar-refractivity contribution in [2.24, 2.45) is 0 Å². The van der Waals surface area contributed by atoms with Crippen molar-refractivity contribution >= 4 is 17.6 Å². The molecule has 2 N–H and O–H groups in total. The lowest BCUT2D eigenvalue weighted by Gasteiger charge is -2.17. The van der Waals surface area contributed by atoms with Gasteiger partial charge in [0.05, 0.1) is 40.1 Å². The summed E-state index contributed by atoms with van der Waals surface area (Å²) in [5.41, 5.74) is 1.77. The van der Waals surface area contributed by atoms with Gasteiger partial charge in [0.2, 0.25) is 0 Å². The Hall–Kier alpha value is -2.74. The summed E-state index contributed by atoms with van der Waals surface area (Å²) in [5.74, 6) is 0.0962. The van der Waals surface area contributed by atoms with Gasteiger partial charge in [-0.2, -0.15) is 0 Å². The topological polar surface area (TPSA) is 97.3 Å². The van der Waals surface area contributed by atoms with E-state index in [0.717, 1.165) is 5.56 Å². The van der Waals surface area contributed by atoms with Gasteiger partial charge >= 0.3 is 5.97 Å². The highest BCUT2D eigenvalue weighted by molar-refractivity contribution is 6.08. The quantitative estimate of drug-likeness (QED) is 0.698. The molecule has 1 amide bonds. The molecule has 0 aliphatic carbocycles. The lowest BCUT2D eigenvalue weighted by molar-refractivity contribution is -0.136. The van der Waals surface area contributed by atoms with E-state index in [1.54, 1.807) is 12.1 Å². The van der Waals surface area contributed by atoms with Crippen molar-refractivity contribution in [1.29, 1.82) is 0 Å². The first kappa shape index (κ1) is 18.6. The van der Waals surface area contributed by atoms with Gasteiger partial charge in [-0.15, -0.1) is 0 Å². The number of aryl methyl sites for hydroxylation is 1. The third-order valence-electron chi connectivity index (χ3n) is 3.94. The molecule has 0 radical (unpaired) electrons. The summed E-state index contributed by atoms with van der Waals surface area (Å²) in [5, 5.41) is 12.1. The summed E-state index contributed by atoms with van der Waals surface area (Å²) in [4.78, 5) is 25.9. The molecule has 25 heavy (non-hydrogen) atoms. The average Bonchev–Trinajstić information content (AvgIpc) is 2.92. The minimum atomic E-state index is -0.589. The molecule has 1 aromatic carbocycles. The zero-order chi connectivity index (χ0) is 18.6. The van der Waals surface area contributed by atoms with Crippen molar-refractivity contribution in [1.82, 2.24) is 4.90 Å². The fourth-order valence-corrected chi connectivity index (χ4v) is 2.60. The number of ether oxygens (including phenoxy) is 3. The van der Waals surface area contributed by atoms with Gasteiger partial charge in [0.15, 0.2) is 11.5 Å². The first-order valence-corrected chi connectivity index (χ1v) is 7.68. The zero-order valence-electron chi connectivity index (χ0n) is 14.7. The van der Waals surface area contributed by atoms with Crippen molar-refractivity contribution in [3.8, 4) is 11.5 Å². The van der Waals surface area contributed by atoms with Gasteiger partial charge in [-0.25, -0.2) is 4.79 Å². The molecule has 0 saturated carbocycles. The van der Waals surface area contributed by atoms with Gasteiger partial charge in [-0.3, -0.25) is 4.79 Å². The number of nitrogens with one attached hydrogen (secondary N) is 1. The Morgan fingerprint density at radius 3 is 2.44 bits per heavy atom. The van der Waals surface area contributed by atoms with Crippen LogP contribution in [0.5, 0.6) is 11.5 Å². The molecule has 2 rings (SSSR count). The van der Waals surface area contributed by atoms with Crippen LogP contribution in [-0.2, 0) is 14.3 Å². The van der Waals surface area contributed by atoms with Gasteiger partial charge < -0.3 is 29.5 Å². The number of β-amino-alcohol motifs (C(OH)–C–C–N with tert-alkyl or cyclic N) is 1. The van der Waals surface area contributed by atoms with Crippen molar-refractivity contribution in [2.45, 2.75) is 6.92 Å². The van der Waals surface area contributed by atoms with Crippen LogP contribution in [0.15, 0.2) is 23.4 Å². The second-order valence-electron chi connectivity index (χ2n) is 5.44. The number of anilines is 1. The van der Waals surface area contributed by atoms with Crippen LogP contribution in [0.1, 0.15) is 5.56 Å². The van der Waals surface area contributed by atoms with E-state index >= 15 is 0 Å². The van der Waals surface area contributed by atoms with E-state index in [0.29, 0.717) is 17.2 Å². The fraction of sp³-hybridized carbons (Fsp3) is 0.412. The monoisotopic (exact) mass is 350 g/mol. The lowest BCUT2D eigenvalue weighted by atomic mass is 10.1. The van der Waals surface area contributed by atoms with Gasteiger partial charge in [0.25, 0.3) is 5.91 Å². The number of aliphatic hydroxyl groups excluding tert-OH is 1.